The van der Waals surface area contributed by atoms with E-state index in [4.69, 9.17) is 5.73 Å². The molecule has 1 heterocycles. The third-order valence-corrected chi connectivity index (χ3v) is 2.38. The topological polar surface area (TPSA) is 63.8 Å². The highest BCUT2D eigenvalue weighted by atomic mass is 79.9. The number of aromatic nitrogens is 2. The monoisotopic (exact) mass is 318 g/mol. The van der Waals surface area contributed by atoms with Crippen LogP contribution < -0.4 is 11.1 Å². The molecule has 2 rings (SSSR count). The molecule has 0 fully saturated rings. The molecule has 1 aromatic carbocycles. The molecular weight excluding hydrogens is 313 g/mol. The predicted octanol–water partition coefficient (Wildman–Crippen LogP) is 2.98. The second kappa shape index (κ2) is 4.81. The number of anilines is 3. The van der Waals surface area contributed by atoms with Crippen molar-refractivity contribution in [3.63, 3.8) is 0 Å². The number of halogens is 4. The Hall–Kier alpha value is -1.83. The fourth-order valence-corrected chi connectivity index (χ4v) is 1.63. The molecule has 2 aromatic rings. The first-order chi connectivity index (χ1) is 8.45. The number of rotatable bonds is 2. The van der Waals surface area contributed by atoms with E-state index in [1.54, 1.807) is 0 Å². The normalized spacial score (nSPS) is 10.4. The Bertz CT molecular complexity index is 586. The fourth-order valence-electron chi connectivity index (χ4n) is 1.23. The number of nitrogens with one attached hydrogen (secondary N) is 1. The standard InChI is InChI=1S/C10H6BrF3N4/c11-8-3-9(15)18-10(17-8)16-7-2-5(13)4(12)1-6(7)14/h1-3H,(H3,15,16,17,18). The average molecular weight is 319 g/mol. The van der Waals surface area contributed by atoms with Crippen molar-refractivity contribution in [3.8, 4) is 0 Å². The van der Waals surface area contributed by atoms with Gasteiger partial charge in [0.15, 0.2) is 11.6 Å². The van der Waals surface area contributed by atoms with Crippen LogP contribution in [0.2, 0.25) is 0 Å². The Kier molecular flexibility index (Phi) is 3.37. The van der Waals surface area contributed by atoms with E-state index in [2.05, 4.69) is 31.2 Å². The van der Waals surface area contributed by atoms with E-state index < -0.39 is 17.5 Å². The molecule has 0 bridgehead atoms. The van der Waals surface area contributed by atoms with Crippen LogP contribution in [0.3, 0.4) is 0 Å². The molecule has 0 aliphatic carbocycles. The van der Waals surface area contributed by atoms with Crippen LogP contribution >= 0.6 is 15.9 Å². The minimum absolute atomic E-state index is 0.0354. The zero-order valence-electron chi connectivity index (χ0n) is 8.72. The highest BCUT2D eigenvalue weighted by molar-refractivity contribution is 9.10. The van der Waals surface area contributed by atoms with E-state index in [-0.39, 0.29) is 17.5 Å². The van der Waals surface area contributed by atoms with E-state index >= 15 is 0 Å². The minimum Gasteiger partial charge on any atom is -0.383 e. The highest BCUT2D eigenvalue weighted by Gasteiger charge is 2.11. The smallest absolute Gasteiger partial charge is 0.230 e. The van der Waals surface area contributed by atoms with Crippen molar-refractivity contribution in [2.75, 3.05) is 11.1 Å². The van der Waals surface area contributed by atoms with Crippen LogP contribution in [0.25, 0.3) is 0 Å². The average Bonchev–Trinajstić information content (AvgIpc) is 2.24. The highest BCUT2D eigenvalue weighted by Crippen LogP contribution is 2.22. The van der Waals surface area contributed by atoms with Crippen molar-refractivity contribution < 1.29 is 13.2 Å². The second-order valence-electron chi connectivity index (χ2n) is 3.31. The molecule has 0 aliphatic rings. The zero-order valence-corrected chi connectivity index (χ0v) is 10.3. The fraction of sp³-hybridized carbons (Fsp3) is 0. The lowest BCUT2D eigenvalue weighted by Gasteiger charge is -2.07. The lowest BCUT2D eigenvalue weighted by atomic mass is 10.3. The van der Waals surface area contributed by atoms with Gasteiger partial charge in [0.05, 0.1) is 5.69 Å². The Morgan fingerprint density at radius 2 is 1.67 bits per heavy atom. The molecule has 18 heavy (non-hydrogen) atoms. The first kappa shape index (κ1) is 12.6. The molecule has 0 atom stereocenters. The number of nitrogens with zero attached hydrogens (tertiary/aromatic N) is 2. The summed E-state index contributed by atoms with van der Waals surface area (Å²) in [6, 6.07) is 2.54. The van der Waals surface area contributed by atoms with Gasteiger partial charge in [-0.1, -0.05) is 0 Å². The Morgan fingerprint density at radius 3 is 2.33 bits per heavy atom. The van der Waals surface area contributed by atoms with Gasteiger partial charge < -0.3 is 11.1 Å². The Balaban J connectivity index is 2.36. The van der Waals surface area contributed by atoms with Crippen molar-refractivity contribution in [1.82, 2.24) is 9.97 Å². The quantitative estimate of drug-likeness (QED) is 0.660. The van der Waals surface area contributed by atoms with E-state index in [0.717, 1.165) is 0 Å². The van der Waals surface area contributed by atoms with E-state index in [1.165, 1.54) is 6.07 Å². The van der Waals surface area contributed by atoms with Crippen molar-refractivity contribution in [1.29, 1.82) is 0 Å². The van der Waals surface area contributed by atoms with Crippen LogP contribution in [0.1, 0.15) is 0 Å². The third kappa shape index (κ3) is 2.70. The molecule has 0 amide bonds. The summed E-state index contributed by atoms with van der Waals surface area (Å²) in [6.45, 7) is 0. The van der Waals surface area contributed by atoms with Gasteiger partial charge in [-0.3, -0.25) is 0 Å². The lowest BCUT2D eigenvalue weighted by Crippen LogP contribution is -2.03. The number of hydrogen-bond acceptors (Lipinski definition) is 4. The first-order valence-corrected chi connectivity index (χ1v) is 5.46. The zero-order chi connectivity index (χ0) is 13.3. The minimum atomic E-state index is -1.27. The van der Waals surface area contributed by atoms with Crippen molar-refractivity contribution in [2.45, 2.75) is 0 Å². The molecule has 0 aliphatic heterocycles. The molecule has 0 unspecified atom stereocenters. The summed E-state index contributed by atoms with van der Waals surface area (Å²) in [5.74, 6) is -3.31. The summed E-state index contributed by atoms with van der Waals surface area (Å²) < 4.78 is 39.4. The van der Waals surface area contributed by atoms with Gasteiger partial charge in [-0.05, 0) is 15.9 Å². The number of benzene rings is 1. The van der Waals surface area contributed by atoms with E-state index in [1.807, 2.05) is 0 Å². The maximum Gasteiger partial charge on any atom is 0.230 e. The van der Waals surface area contributed by atoms with Crippen molar-refractivity contribution in [2.24, 2.45) is 0 Å². The second-order valence-corrected chi connectivity index (χ2v) is 4.12. The van der Waals surface area contributed by atoms with Gasteiger partial charge >= 0.3 is 0 Å². The summed E-state index contributed by atoms with van der Waals surface area (Å²) in [5, 5.41) is 2.41. The molecule has 4 nitrogen and oxygen atoms in total. The summed E-state index contributed by atoms with van der Waals surface area (Å²) in [4.78, 5) is 7.62. The molecule has 0 saturated heterocycles. The largest absolute Gasteiger partial charge is 0.383 e. The van der Waals surface area contributed by atoms with Crippen LogP contribution in [-0.4, -0.2) is 9.97 Å². The van der Waals surface area contributed by atoms with Gasteiger partial charge in [0.25, 0.3) is 0 Å². The molecule has 1 aromatic heterocycles. The molecular formula is C10H6BrF3N4. The maximum absolute atomic E-state index is 13.3. The molecule has 0 saturated carbocycles. The van der Waals surface area contributed by atoms with E-state index in [9.17, 15) is 13.2 Å². The van der Waals surface area contributed by atoms with Crippen LogP contribution in [0, 0.1) is 17.5 Å². The van der Waals surface area contributed by atoms with Gasteiger partial charge in [-0.15, -0.1) is 0 Å². The van der Waals surface area contributed by atoms with Crippen molar-refractivity contribution in [3.05, 3.63) is 40.3 Å². The van der Waals surface area contributed by atoms with Crippen molar-refractivity contribution >= 4 is 33.4 Å². The summed E-state index contributed by atoms with van der Waals surface area (Å²) >= 11 is 3.07. The van der Waals surface area contributed by atoms with Gasteiger partial charge in [-0.25, -0.2) is 18.2 Å². The third-order valence-electron chi connectivity index (χ3n) is 1.97. The molecule has 3 N–H and O–H groups in total. The van der Waals surface area contributed by atoms with Gasteiger partial charge in [0, 0.05) is 18.2 Å². The maximum atomic E-state index is 13.3. The molecule has 8 heteroatoms. The molecule has 94 valence electrons. The Labute approximate surface area is 108 Å². The van der Waals surface area contributed by atoms with Gasteiger partial charge in [0.1, 0.15) is 16.2 Å². The summed E-state index contributed by atoms with van der Waals surface area (Å²) in [6.07, 6.45) is 0. The molecule has 0 radical (unpaired) electrons. The SMILES string of the molecule is Nc1cc(Br)nc(Nc2cc(F)c(F)cc2F)n1. The Morgan fingerprint density at radius 1 is 1.00 bits per heavy atom. The summed E-state index contributed by atoms with van der Waals surface area (Å²) in [5.41, 5.74) is 5.17. The van der Waals surface area contributed by atoms with E-state index in [0.29, 0.717) is 16.7 Å². The first-order valence-electron chi connectivity index (χ1n) is 4.67. The van der Waals surface area contributed by atoms with Crippen LogP contribution in [0.15, 0.2) is 22.8 Å². The van der Waals surface area contributed by atoms with Crippen LogP contribution in [-0.2, 0) is 0 Å². The van der Waals surface area contributed by atoms with Crippen LogP contribution in [0.5, 0.6) is 0 Å². The lowest BCUT2D eigenvalue weighted by molar-refractivity contribution is 0.496. The molecule has 0 spiro atoms. The number of nitrogen functional groups attached to an aromatic ring is 1. The van der Waals surface area contributed by atoms with Crippen LogP contribution in [0.4, 0.5) is 30.6 Å². The number of hydrogen-bond donors (Lipinski definition) is 2. The summed E-state index contributed by atoms with van der Waals surface area (Å²) in [7, 11) is 0. The number of nitrogens with two attached hydrogens (primary N) is 1. The predicted molar refractivity (Wildman–Crippen MR) is 63.7 cm³/mol. The van der Waals surface area contributed by atoms with Gasteiger partial charge in [0.2, 0.25) is 5.95 Å². The van der Waals surface area contributed by atoms with Gasteiger partial charge in [-0.2, -0.15) is 4.98 Å².